The van der Waals surface area contributed by atoms with Gasteiger partial charge in [-0.25, -0.2) is 0 Å². The van der Waals surface area contributed by atoms with E-state index in [9.17, 15) is 5.11 Å². The van der Waals surface area contributed by atoms with Gasteiger partial charge in [0.1, 0.15) is 12.4 Å². The average molecular weight is 274 g/mol. The van der Waals surface area contributed by atoms with E-state index in [1.807, 2.05) is 30.3 Å². The van der Waals surface area contributed by atoms with Crippen LogP contribution >= 0.6 is 0 Å². The van der Waals surface area contributed by atoms with Crippen LogP contribution in [0.3, 0.4) is 0 Å². The fourth-order valence-electron chi connectivity index (χ4n) is 1.90. The zero-order chi connectivity index (χ0) is 14.4. The van der Waals surface area contributed by atoms with Crippen molar-refractivity contribution in [3.8, 4) is 17.2 Å². The molecular formula is C16H18O4. The first-order valence-corrected chi connectivity index (χ1v) is 6.31. The van der Waals surface area contributed by atoms with Crippen molar-refractivity contribution >= 4 is 0 Å². The van der Waals surface area contributed by atoms with Crippen LogP contribution in [0, 0.1) is 0 Å². The van der Waals surface area contributed by atoms with Gasteiger partial charge in [-0.3, -0.25) is 0 Å². The summed E-state index contributed by atoms with van der Waals surface area (Å²) in [6, 6.07) is 13.3. The monoisotopic (exact) mass is 274 g/mol. The fraction of sp³-hybridized carbons (Fsp3) is 0.250. The fourth-order valence-corrected chi connectivity index (χ4v) is 1.90. The predicted octanol–water partition coefficient (Wildman–Crippen LogP) is 2.78. The molecule has 0 aromatic heterocycles. The van der Waals surface area contributed by atoms with Gasteiger partial charge in [0.15, 0.2) is 11.5 Å². The molecule has 2 aromatic rings. The lowest BCUT2D eigenvalue weighted by molar-refractivity contribution is 0.256. The molecule has 0 fully saturated rings. The molecule has 0 saturated heterocycles. The van der Waals surface area contributed by atoms with E-state index in [0.29, 0.717) is 29.4 Å². The van der Waals surface area contributed by atoms with Crippen molar-refractivity contribution < 1.29 is 19.3 Å². The standard InChI is InChI=1S/C16H18O4/c1-18-15-8-13(10-17)14(9-16(15)19-2)20-11-12-6-4-3-5-7-12/h3-9,17H,10-11H2,1-2H3. The molecule has 0 radical (unpaired) electrons. The zero-order valence-electron chi connectivity index (χ0n) is 11.6. The molecule has 1 N–H and O–H groups in total. The molecule has 0 amide bonds. The quantitative estimate of drug-likeness (QED) is 0.880. The number of methoxy groups -OCH3 is 2. The summed E-state index contributed by atoms with van der Waals surface area (Å²) in [6.07, 6.45) is 0. The lowest BCUT2D eigenvalue weighted by Gasteiger charge is -2.14. The molecule has 0 spiro atoms. The van der Waals surface area contributed by atoms with Crippen LogP contribution in [-0.2, 0) is 13.2 Å². The highest BCUT2D eigenvalue weighted by Crippen LogP contribution is 2.35. The maximum absolute atomic E-state index is 9.42. The molecule has 2 rings (SSSR count). The molecule has 0 bridgehead atoms. The van der Waals surface area contributed by atoms with Crippen LogP contribution in [0.4, 0.5) is 0 Å². The summed E-state index contributed by atoms with van der Waals surface area (Å²) in [5.41, 5.74) is 1.73. The normalized spacial score (nSPS) is 10.2. The van der Waals surface area contributed by atoms with Crippen LogP contribution < -0.4 is 14.2 Å². The van der Waals surface area contributed by atoms with E-state index in [0.717, 1.165) is 5.56 Å². The van der Waals surface area contributed by atoms with Crippen LogP contribution in [0.5, 0.6) is 17.2 Å². The number of hydrogen-bond acceptors (Lipinski definition) is 4. The Morgan fingerprint density at radius 3 is 2.15 bits per heavy atom. The topological polar surface area (TPSA) is 47.9 Å². The Kier molecular flexibility index (Phi) is 4.85. The average Bonchev–Trinajstić information content (AvgIpc) is 2.52. The molecule has 0 aliphatic carbocycles. The molecule has 0 aliphatic rings. The second kappa shape index (κ2) is 6.82. The van der Waals surface area contributed by atoms with Gasteiger partial charge < -0.3 is 19.3 Å². The Labute approximate surface area is 118 Å². The predicted molar refractivity (Wildman–Crippen MR) is 76.2 cm³/mol. The van der Waals surface area contributed by atoms with Crippen LogP contribution in [0.25, 0.3) is 0 Å². The number of aliphatic hydroxyl groups excluding tert-OH is 1. The van der Waals surface area contributed by atoms with E-state index in [2.05, 4.69) is 0 Å². The SMILES string of the molecule is COc1cc(CO)c(OCc2ccccc2)cc1OC. The van der Waals surface area contributed by atoms with E-state index in [-0.39, 0.29) is 6.61 Å². The highest BCUT2D eigenvalue weighted by molar-refractivity contribution is 5.50. The maximum atomic E-state index is 9.42. The van der Waals surface area contributed by atoms with Gasteiger partial charge in [-0.1, -0.05) is 30.3 Å². The third-order valence-corrected chi connectivity index (χ3v) is 2.97. The minimum atomic E-state index is -0.121. The summed E-state index contributed by atoms with van der Waals surface area (Å²) in [7, 11) is 3.13. The molecule has 0 unspecified atom stereocenters. The van der Waals surface area contributed by atoms with Crippen molar-refractivity contribution in [2.24, 2.45) is 0 Å². The van der Waals surface area contributed by atoms with E-state index in [4.69, 9.17) is 14.2 Å². The van der Waals surface area contributed by atoms with Gasteiger partial charge >= 0.3 is 0 Å². The second-order valence-corrected chi connectivity index (χ2v) is 4.25. The summed E-state index contributed by atoms with van der Waals surface area (Å²) >= 11 is 0. The third-order valence-electron chi connectivity index (χ3n) is 2.97. The van der Waals surface area contributed by atoms with Crippen molar-refractivity contribution in [2.45, 2.75) is 13.2 Å². The lowest BCUT2D eigenvalue weighted by atomic mass is 10.2. The van der Waals surface area contributed by atoms with Crippen LogP contribution in [0.1, 0.15) is 11.1 Å². The van der Waals surface area contributed by atoms with Crippen molar-refractivity contribution in [1.82, 2.24) is 0 Å². The van der Waals surface area contributed by atoms with Gasteiger partial charge in [-0.05, 0) is 11.6 Å². The Morgan fingerprint density at radius 2 is 1.55 bits per heavy atom. The number of benzene rings is 2. The summed E-state index contributed by atoms with van der Waals surface area (Å²) in [4.78, 5) is 0. The molecule has 0 aliphatic heterocycles. The molecule has 4 nitrogen and oxygen atoms in total. The summed E-state index contributed by atoms with van der Waals surface area (Å²) in [5.74, 6) is 1.74. The van der Waals surface area contributed by atoms with Crippen LogP contribution in [-0.4, -0.2) is 19.3 Å². The van der Waals surface area contributed by atoms with Crippen molar-refractivity contribution in [2.75, 3.05) is 14.2 Å². The van der Waals surface area contributed by atoms with Crippen molar-refractivity contribution in [3.63, 3.8) is 0 Å². The highest BCUT2D eigenvalue weighted by atomic mass is 16.5. The Hall–Kier alpha value is -2.20. The van der Waals surface area contributed by atoms with E-state index in [1.54, 1.807) is 26.4 Å². The largest absolute Gasteiger partial charge is 0.493 e. The van der Waals surface area contributed by atoms with E-state index >= 15 is 0 Å². The van der Waals surface area contributed by atoms with E-state index < -0.39 is 0 Å². The van der Waals surface area contributed by atoms with Crippen LogP contribution in [0.2, 0.25) is 0 Å². The minimum Gasteiger partial charge on any atom is -0.493 e. The van der Waals surface area contributed by atoms with Gasteiger partial charge in [0.2, 0.25) is 0 Å². The molecule has 106 valence electrons. The highest BCUT2D eigenvalue weighted by Gasteiger charge is 2.11. The maximum Gasteiger partial charge on any atom is 0.164 e. The van der Waals surface area contributed by atoms with Crippen molar-refractivity contribution in [1.29, 1.82) is 0 Å². The first kappa shape index (κ1) is 14.2. The van der Waals surface area contributed by atoms with Gasteiger partial charge in [-0.15, -0.1) is 0 Å². The van der Waals surface area contributed by atoms with Gasteiger partial charge in [0.25, 0.3) is 0 Å². The molecule has 0 atom stereocenters. The number of rotatable bonds is 6. The second-order valence-electron chi connectivity index (χ2n) is 4.25. The Morgan fingerprint density at radius 1 is 0.900 bits per heavy atom. The molecule has 0 heterocycles. The van der Waals surface area contributed by atoms with Gasteiger partial charge in [0.05, 0.1) is 20.8 Å². The van der Waals surface area contributed by atoms with Gasteiger partial charge in [0, 0.05) is 11.6 Å². The molecular weight excluding hydrogens is 256 g/mol. The summed E-state index contributed by atoms with van der Waals surface area (Å²) < 4.78 is 16.2. The molecule has 20 heavy (non-hydrogen) atoms. The first-order valence-electron chi connectivity index (χ1n) is 6.31. The molecule has 0 saturated carbocycles. The number of hydrogen-bond donors (Lipinski definition) is 1. The first-order chi connectivity index (χ1) is 9.78. The van der Waals surface area contributed by atoms with E-state index in [1.165, 1.54) is 0 Å². The molecule has 4 heteroatoms. The Balaban J connectivity index is 2.21. The number of ether oxygens (including phenoxy) is 3. The van der Waals surface area contributed by atoms with Gasteiger partial charge in [-0.2, -0.15) is 0 Å². The zero-order valence-corrected chi connectivity index (χ0v) is 11.6. The summed E-state index contributed by atoms with van der Waals surface area (Å²) in [5, 5.41) is 9.42. The Bertz CT molecular complexity index is 552. The lowest BCUT2D eigenvalue weighted by Crippen LogP contribution is -2.01. The molecule has 2 aromatic carbocycles. The number of aliphatic hydroxyl groups is 1. The smallest absolute Gasteiger partial charge is 0.164 e. The third kappa shape index (κ3) is 3.22. The summed E-state index contributed by atoms with van der Waals surface area (Å²) in [6.45, 7) is 0.313. The minimum absolute atomic E-state index is 0.121. The van der Waals surface area contributed by atoms with Crippen molar-refractivity contribution in [3.05, 3.63) is 53.6 Å². The van der Waals surface area contributed by atoms with Crippen LogP contribution in [0.15, 0.2) is 42.5 Å².